The lowest BCUT2D eigenvalue weighted by molar-refractivity contribution is -0.127. The molecule has 0 saturated heterocycles. The van der Waals surface area contributed by atoms with Crippen LogP contribution in [-0.4, -0.2) is 18.2 Å². The number of allylic oxidation sites excluding steroid dienone is 1. The molecule has 1 atom stereocenters. The first-order valence-corrected chi connectivity index (χ1v) is 8.39. The van der Waals surface area contributed by atoms with Crippen LogP contribution in [0.1, 0.15) is 19.4 Å². The van der Waals surface area contributed by atoms with Crippen LogP contribution in [0.15, 0.2) is 59.2 Å². The number of nitrogens with zero attached hydrogens (tertiary/aromatic N) is 1. The molecule has 4 nitrogen and oxygen atoms in total. The van der Waals surface area contributed by atoms with Crippen molar-refractivity contribution in [2.24, 2.45) is 5.10 Å². The number of rotatable bonds is 6. The summed E-state index contributed by atoms with van der Waals surface area (Å²) in [4.78, 5) is 12.0. The fourth-order valence-corrected chi connectivity index (χ4v) is 2.41. The molecule has 1 amide bonds. The van der Waals surface area contributed by atoms with Crippen LogP contribution >= 0.6 is 23.2 Å². The Bertz CT molecular complexity index is 789. The smallest absolute Gasteiger partial charge is 0.280 e. The Balaban J connectivity index is 1.89. The van der Waals surface area contributed by atoms with Gasteiger partial charge >= 0.3 is 0 Å². The monoisotopic (exact) mass is 376 g/mol. The topological polar surface area (TPSA) is 50.7 Å². The molecular weight excluding hydrogens is 359 g/mol. The maximum Gasteiger partial charge on any atom is 0.280 e. The van der Waals surface area contributed by atoms with Gasteiger partial charge in [-0.15, -0.1) is 0 Å². The van der Waals surface area contributed by atoms with Crippen LogP contribution in [-0.2, 0) is 4.79 Å². The van der Waals surface area contributed by atoms with Crippen LogP contribution in [0.4, 0.5) is 0 Å². The second-order valence-corrected chi connectivity index (χ2v) is 6.21. The predicted molar refractivity (Wildman–Crippen MR) is 103 cm³/mol. The van der Waals surface area contributed by atoms with E-state index < -0.39 is 6.10 Å². The molecule has 0 aliphatic heterocycles. The maximum atomic E-state index is 12.0. The Morgan fingerprint density at radius 3 is 2.60 bits per heavy atom. The molecule has 0 spiro atoms. The number of hydrogen-bond acceptors (Lipinski definition) is 3. The normalized spacial score (nSPS) is 12.9. The highest BCUT2D eigenvalue weighted by atomic mass is 35.5. The summed E-state index contributed by atoms with van der Waals surface area (Å²) in [7, 11) is 0. The number of hydrogen-bond donors (Lipinski definition) is 1. The number of nitrogens with one attached hydrogen (secondary N) is 1. The van der Waals surface area contributed by atoms with Gasteiger partial charge in [0.15, 0.2) is 6.10 Å². The highest BCUT2D eigenvalue weighted by molar-refractivity contribution is 6.35. The van der Waals surface area contributed by atoms with Gasteiger partial charge in [-0.25, -0.2) is 5.43 Å². The van der Waals surface area contributed by atoms with Crippen molar-refractivity contribution in [2.45, 2.75) is 20.0 Å². The molecule has 2 rings (SSSR count). The van der Waals surface area contributed by atoms with Gasteiger partial charge in [0.25, 0.3) is 5.91 Å². The Hall–Kier alpha value is -2.30. The average molecular weight is 377 g/mol. The summed E-state index contributed by atoms with van der Waals surface area (Å²) in [5.74, 6) is 0.00706. The highest BCUT2D eigenvalue weighted by Crippen LogP contribution is 2.28. The average Bonchev–Trinajstić information content (AvgIpc) is 2.58. The number of carbonyl (C=O) groups is 1. The minimum atomic E-state index is -0.755. The van der Waals surface area contributed by atoms with Gasteiger partial charge in [-0.05, 0) is 43.2 Å². The summed E-state index contributed by atoms with van der Waals surface area (Å²) >= 11 is 11.9. The van der Waals surface area contributed by atoms with E-state index in [9.17, 15) is 4.79 Å². The lowest BCUT2D eigenvalue weighted by atomic mass is 10.1. The van der Waals surface area contributed by atoms with Crippen LogP contribution in [0.2, 0.25) is 10.0 Å². The molecular formula is C19H18Cl2N2O2. The summed E-state index contributed by atoms with van der Waals surface area (Å²) in [5.41, 5.74) is 4.41. The minimum absolute atomic E-state index is 0.345. The fraction of sp³-hybridized carbons (Fsp3) is 0.158. The van der Waals surface area contributed by atoms with Crippen LogP contribution in [0.25, 0.3) is 6.08 Å². The third-order valence-electron chi connectivity index (χ3n) is 3.20. The van der Waals surface area contributed by atoms with E-state index in [0.717, 1.165) is 11.1 Å². The molecule has 2 aromatic rings. The van der Waals surface area contributed by atoms with Gasteiger partial charge in [-0.1, -0.05) is 59.6 Å². The molecule has 0 saturated carbocycles. The van der Waals surface area contributed by atoms with Gasteiger partial charge in [0, 0.05) is 5.02 Å². The Morgan fingerprint density at radius 2 is 1.92 bits per heavy atom. The third-order valence-corrected chi connectivity index (χ3v) is 3.73. The van der Waals surface area contributed by atoms with Crippen molar-refractivity contribution in [3.63, 3.8) is 0 Å². The van der Waals surface area contributed by atoms with Crippen LogP contribution in [0.3, 0.4) is 0 Å². The molecule has 0 aromatic heterocycles. The van der Waals surface area contributed by atoms with E-state index in [4.69, 9.17) is 27.9 Å². The molecule has 130 valence electrons. The fourth-order valence-electron chi connectivity index (χ4n) is 1.95. The molecule has 0 aliphatic carbocycles. The summed E-state index contributed by atoms with van der Waals surface area (Å²) in [6.45, 7) is 3.51. The predicted octanol–water partition coefficient (Wildman–Crippen LogP) is 4.97. The molecule has 0 heterocycles. The van der Waals surface area contributed by atoms with E-state index in [0.29, 0.717) is 15.8 Å². The number of benzene rings is 2. The molecule has 0 bridgehead atoms. The van der Waals surface area contributed by atoms with Gasteiger partial charge in [0.2, 0.25) is 0 Å². The molecule has 0 unspecified atom stereocenters. The molecule has 6 heteroatoms. The van der Waals surface area contributed by atoms with E-state index in [1.54, 1.807) is 31.3 Å². The Morgan fingerprint density at radius 1 is 1.20 bits per heavy atom. The Kier molecular flexibility index (Phi) is 7.04. The van der Waals surface area contributed by atoms with Crippen molar-refractivity contribution in [2.75, 3.05) is 0 Å². The zero-order valence-electron chi connectivity index (χ0n) is 13.9. The summed E-state index contributed by atoms with van der Waals surface area (Å²) in [5, 5.41) is 4.78. The largest absolute Gasteiger partial charge is 0.479 e. The standard InChI is InChI=1S/C19H18Cl2N2O2/c1-13(10-15-6-4-3-5-7-15)12-22-23-19(24)14(2)25-18-9-8-16(20)11-17(18)21/h3-12,14H,1-2H3,(H,23,24)/b13-10-,22-12-/t14-/m1/s1. The third kappa shape index (κ3) is 6.25. The van der Waals surface area contributed by atoms with E-state index in [2.05, 4.69) is 10.5 Å². The zero-order chi connectivity index (χ0) is 18.2. The van der Waals surface area contributed by atoms with Crippen molar-refractivity contribution >= 4 is 41.4 Å². The minimum Gasteiger partial charge on any atom is -0.479 e. The second kappa shape index (κ2) is 9.25. The molecule has 0 aliphatic rings. The van der Waals surface area contributed by atoms with Gasteiger partial charge in [0.1, 0.15) is 5.75 Å². The van der Waals surface area contributed by atoms with Gasteiger partial charge in [-0.3, -0.25) is 4.79 Å². The number of ether oxygens (including phenoxy) is 1. The molecule has 1 N–H and O–H groups in total. The number of hydrazone groups is 1. The molecule has 0 fully saturated rings. The van der Waals surface area contributed by atoms with Gasteiger partial charge in [-0.2, -0.15) is 5.10 Å². The summed E-state index contributed by atoms with van der Waals surface area (Å²) in [6.07, 6.45) is 2.78. The highest BCUT2D eigenvalue weighted by Gasteiger charge is 2.15. The SMILES string of the molecule is CC(/C=N\NC(=O)[C@@H](C)Oc1ccc(Cl)cc1Cl)=C/c1ccccc1. The van der Waals surface area contributed by atoms with Crippen LogP contribution in [0.5, 0.6) is 5.75 Å². The summed E-state index contributed by atoms with van der Waals surface area (Å²) < 4.78 is 5.52. The first-order chi connectivity index (χ1) is 12.0. The zero-order valence-corrected chi connectivity index (χ0v) is 15.4. The van der Waals surface area contributed by atoms with Crippen LogP contribution < -0.4 is 10.2 Å². The van der Waals surface area contributed by atoms with E-state index >= 15 is 0 Å². The maximum absolute atomic E-state index is 12.0. The van der Waals surface area contributed by atoms with Crippen molar-refractivity contribution in [1.82, 2.24) is 5.43 Å². The molecule has 0 radical (unpaired) electrons. The lowest BCUT2D eigenvalue weighted by Crippen LogP contribution is -2.33. The number of halogens is 2. The van der Waals surface area contributed by atoms with Crippen molar-refractivity contribution < 1.29 is 9.53 Å². The van der Waals surface area contributed by atoms with Crippen molar-refractivity contribution in [1.29, 1.82) is 0 Å². The van der Waals surface area contributed by atoms with Gasteiger partial charge in [0.05, 0.1) is 11.2 Å². The van der Waals surface area contributed by atoms with E-state index in [-0.39, 0.29) is 5.91 Å². The molecule has 2 aromatic carbocycles. The first-order valence-electron chi connectivity index (χ1n) is 7.63. The van der Waals surface area contributed by atoms with E-state index in [1.165, 1.54) is 0 Å². The van der Waals surface area contributed by atoms with E-state index in [1.807, 2.05) is 43.3 Å². The second-order valence-electron chi connectivity index (χ2n) is 5.37. The lowest BCUT2D eigenvalue weighted by Gasteiger charge is -2.14. The van der Waals surface area contributed by atoms with Gasteiger partial charge < -0.3 is 4.74 Å². The molecule has 25 heavy (non-hydrogen) atoms. The van der Waals surface area contributed by atoms with Crippen molar-refractivity contribution in [3.05, 3.63) is 69.7 Å². The Labute approximate surface area is 157 Å². The van der Waals surface area contributed by atoms with Crippen LogP contribution in [0, 0.1) is 0 Å². The quantitative estimate of drug-likeness (QED) is 0.571. The summed E-state index contributed by atoms with van der Waals surface area (Å²) in [6, 6.07) is 14.7. The first kappa shape index (κ1) is 19.0. The van der Waals surface area contributed by atoms with Crippen molar-refractivity contribution in [3.8, 4) is 5.75 Å². The number of carbonyl (C=O) groups excluding carboxylic acids is 1. The number of amides is 1.